The van der Waals surface area contributed by atoms with Gasteiger partial charge in [0.25, 0.3) is 0 Å². The van der Waals surface area contributed by atoms with Crippen molar-refractivity contribution in [2.45, 2.75) is 32.0 Å². The quantitative estimate of drug-likeness (QED) is 0.690. The first-order valence-corrected chi connectivity index (χ1v) is 10.8. The zero-order chi connectivity index (χ0) is 21.8. The summed E-state index contributed by atoms with van der Waals surface area (Å²) >= 11 is 0. The number of ether oxygens (including phenoxy) is 2. The van der Waals surface area contributed by atoms with Crippen LogP contribution in [-0.2, 0) is 4.74 Å². The Labute approximate surface area is 180 Å². The van der Waals surface area contributed by atoms with Gasteiger partial charge in [0.05, 0.1) is 24.6 Å². The zero-order valence-electron chi connectivity index (χ0n) is 17.8. The number of rotatable bonds is 6. The monoisotopic (exact) mass is 438 g/mol. The van der Waals surface area contributed by atoms with Gasteiger partial charge >= 0.3 is 6.36 Å². The highest BCUT2D eigenvalue weighted by atomic mass is 19.4. The molecule has 9 heteroatoms. The highest BCUT2D eigenvalue weighted by Crippen LogP contribution is 2.29. The molecule has 31 heavy (non-hydrogen) atoms. The fourth-order valence-electron chi connectivity index (χ4n) is 4.31. The van der Waals surface area contributed by atoms with Crippen LogP contribution in [0.1, 0.15) is 30.1 Å². The molecule has 0 saturated carbocycles. The number of benzene rings is 1. The molecule has 2 aromatic rings. The van der Waals surface area contributed by atoms with Crippen molar-refractivity contribution in [2.75, 3.05) is 52.5 Å². The SMILES string of the molecule is Cc1cc(C2CCN(CCN3CCOCC3)CC2)nn1-c1ccc(OC(F)(F)F)cc1. The summed E-state index contributed by atoms with van der Waals surface area (Å²) in [4.78, 5) is 4.99. The van der Waals surface area contributed by atoms with Crippen molar-refractivity contribution >= 4 is 0 Å². The maximum absolute atomic E-state index is 12.4. The average Bonchev–Trinajstić information content (AvgIpc) is 3.14. The van der Waals surface area contributed by atoms with Crippen LogP contribution in [-0.4, -0.2) is 78.4 Å². The Morgan fingerprint density at radius 3 is 2.23 bits per heavy atom. The van der Waals surface area contributed by atoms with E-state index < -0.39 is 6.36 Å². The molecule has 4 rings (SSSR count). The normalized spacial score (nSPS) is 19.6. The summed E-state index contributed by atoms with van der Waals surface area (Å²) in [6.07, 6.45) is -2.55. The molecule has 0 aliphatic carbocycles. The summed E-state index contributed by atoms with van der Waals surface area (Å²) in [6.45, 7) is 9.99. The molecule has 0 N–H and O–H groups in total. The van der Waals surface area contributed by atoms with Crippen LogP contribution >= 0.6 is 0 Å². The van der Waals surface area contributed by atoms with Crippen molar-refractivity contribution in [3.05, 3.63) is 41.7 Å². The van der Waals surface area contributed by atoms with E-state index in [1.165, 1.54) is 12.1 Å². The van der Waals surface area contributed by atoms with Gasteiger partial charge in [-0.2, -0.15) is 5.10 Å². The van der Waals surface area contributed by atoms with E-state index in [2.05, 4.69) is 20.6 Å². The lowest BCUT2D eigenvalue weighted by molar-refractivity contribution is -0.274. The summed E-state index contributed by atoms with van der Waals surface area (Å²) in [5.41, 5.74) is 2.75. The van der Waals surface area contributed by atoms with E-state index in [1.807, 2.05) is 6.92 Å². The molecular formula is C22H29F3N4O2. The van der Waals surface area contributed by atoms with E-state index >= 15 is 0 Å². The van der Waals surface area contributed by atoms with E-state index in [0.717, 1.165) is 82.4 Å². The van der Waals surface area contributed by atoms with E-state index in [9.17, 15) is 13.2 Å². The maximum atomic E-state index is 12.4. The van der Waals surface area contributed by atoms with Crippen molar-refractivity contribution in [3.63, 3.8) is 0 Å². The van der Waals surface area contributed by atoms with Crippen molar-refractivity contribution in [2.24, 2.45) is 0 Å². The number of hydrogen-bond donors (Lipinski definition) is 0. The van der Waals surface area contributed by atoms with Crippen LogP contribution in [0, 0.1) is 6.92 Å². The van der Waals surface area contributed by atoms with Gasteiger partial charge in [-0.1, -0.05) is 0 Å². The minimum Gasteiger partial charge on any atom is -0.406 e. The van der Waals surface area contributed by atoms with Crippen LogP contribution in [0.25, 0.3) is 5.69 Å². The second-order valence-electron chi connectivity index (χ2n) is 8.23. The van der Waals surface area contributed by atoms with Crippen LogP contribution in [0.5, 0.6) is 5.75 Å². The maximum Gasteiger partial charge on any atom is 0.573 e. The summed E-state index contributed by atoms with van der Waals surface area (Å²) in [6, 6.07) is 7.92. The van der Waals surface area contributed by atoms with Gasteiger partial charge in [0.1, 0.15) is 5.75 Å². The third-order valence-corrected chi connectivity index (χ3v) is 6.06. The van der Waals surface area contributed by atoms with Gasteiger partial charge in [0.2, 0.25) is 0 Å². The van der Waals surface area contributed by atoms with Gasteiger partial charge in [-0.25, -0.2) is 4.68 Å². The highest BCUT2D eigenvalue weighted by Gasteiger charge is 2.31. The molecule has 3 heterocycles. The molecule has 1 aromatic carbocycles. The third kappa shape index (κ3) is 5.99. The minimum absolute atomic E-state index is 0.231. The molecule has 170 valence electrons. The lowest BCUT2D eigenvalue weighted by atomic mass is 9.93. The summed E-state index contributed by atoms with van der Waals surface area (Å²) in [5.74, 6) is 0.179. The molecule has 0 atom stereocenters. The number of piperidine rings is 1. The zero-order valence-corrected chi connectivity index (χ0v) is 17.8. The van der Waals surface area contributed by atoms with Crippen LogP contribution in [0.15, 0.2) is 30.3 Å². The van der Waals surface area contributed by atoms with E-state index in [4.69, 9.17) is 9.84 Å². The predicted octanol–water partition coefficient (Wildman–Crippen LogP) is 3.59. The van der Waals surface area contributed by atoms with Crippen molar-refractivity contribution in [1.29, 1.82) is 0 Å². The van der Waals surface area contributed by atoms with Crippen molar-refractivity contribution in [3.8, 4) is 11.4 Å². The molecular weight excluding hydrogens is 409 g/mol. The highest BCUT2D eigenvalue weighted by molar-refractivity contribution is 5.38. The van der Waals surface area contributed by atoms with E-state index in [1.54, 1.807) is 16.8 Å². The van der Waals surface area contributed by atoms with Crippen molar-refractivity contribution < 1.29 is 22.6 Å². The Hall–Kier alpha value is -2.10. The molecule has 2 aliphatic rings. The topological polar surface area (TPSA) is 42.8 Å². The average molecular weight is 438 g/mol. The molecule has 0 spiro atoms. The fraction of sp³-hybridized carbons (Fsp3) is 0.591. The third-order valence-electron chi connectivity index (χ3n) is 6.06. The Bertz CT molecular complexity index is 839. The van der Waals surface area contributed by atoms with E-state index in [0.29, 0.717) is 5.92 Å². The van der Waals surface area contributed by atoms with Crippen LogP contribution in [0.4, 0.5) is 13.2 Å². The fourth-order valence-corrected chi connectivity index (χ4v) is 4.31. The Morgan fingerprint density at radius 1 is 1.00 bits per heavy atom. The Balaban J connectivity index is 1.32. The molecule has 0 radical (unpaired) electrons. The van der Waals surface area contributed by atoms with E-state index in [-0.39, 0.29) is 5.75 Å². The molecule has 2 fully saturated rings. The largest absolute Gasteiger partial charge is 0.573 e. The number of nitrogens with zero attached hydrogens (tertiary/aromatic N) is 4. The predicted molar refractivity (Wildman–Crippen MR) is 111 cm³/mol. The van der Waals surface area contributed by atoms with Gasteiger partial charge in [-0.3, -0.25) is 4.90 Å². The number of aryl methyl sites for hydroxylation is 1. The second kappa shape index (κ2) is 9.58. The number of halogens is 3. The molecule has 0 unspecified atom stereocenters. The first-order chi connectivity index (χ1) is 14.9. The van der Waals surface area contributed by atoms with Gasteiger partial charge in [0.15, 0.2) is 0 Å². The smallest absolute Gasteiger partial charge is 0.406 e. The van der Waals surface area contributed by atoms with Gasteiger partial charge < -0.3 is 14.4 Å². The number of aromatic nitrogens is 2. The second-order valence-corrected chi connectivity index (χ2v) is 8.23. The number of morpholine rings is 1. The number of hydrogen-bond acceptors (Lipinski definition) is 5. The first kappa shape index (κ1) is 22.1. The summed E-state index contributed by atoms with van der Waals surface area (Å²) < 4.78 is 48.2. The van der Waals surface area contributed by atoms with Crippen LogP contribution < -0.4 is 4.74 Å². The lowest BCUT2D eigenvalue weighted by Crippen LogP contribution is -2.43. The summed E-state index contributed by atoms with van der Waals surface area (Å²) in [7, 11) is 0. The first-order valence-electron chi connectivity index (χ1n) is 10.8. The number of likely N-dealkylation sites (tertiary alicyclic amines) is 1. The molecule has 6 nitrogen and oxygen atoms in total. The molecule has 0 amide bonds. The minimum atomic E-state index is -4.69. The van der Waals surface area contributed by atoms with Crippen LogP contribution in [0.3, 0.4) is 0 Å². The standard InChI is InChI=1S/C22H29F3N4O2/c1-17-16-21(26-29(17)19-2-4-20(5-3-19)31-22(23,24)25)18-6-8-27(9-7-18)10-11-28-12-14-30-15-13-28/h2-5,16,18H,6-15H2,1H3. The Kier molecular flexibility index (Phi) is 6.83. The Morgan fingerprint density at radius 2 is 1.61 bits per heavy atom. The van der Waals surface area contributed by atoms with Gasteiger partial charge in [0, 0.05) is 37.8 Å². The lowest BCUT2D eigenvalue weighted by Gasteiger charge is -2.34. The van der Waals surface area contributed by atoms with Crippen LogP contribution in [0.2, 0.25) is 0 Å². The molecule has 0 bridgehead atoms. The molecule has 2 saturated heterocycles. The summed E-state index contributed by atoms with van der Waals surface area (Å²) in [5, 5.41) is 4.77. The molecule has 1 aromatic heterocycles. The van der Waals surface area contributed by atoms with Gasteiger partial charge in [-0.05, 0) is 63.2 Å². The molecule has 2 aliphatic heterocycles. The van der Waals surface area contributed by atoms with Crippen molar-refractivity contribution in [1.82, 2.24) is 19.6 Å². The number of alkyl halides is 3. The van der Waals surface area contributed by atoms with Gasteiger partial charge in [-0.15, -0.1) is 13.2 Å².